The lowest BCUT2D eigenvalue weighted by atomic mass is 10.2. The van der Waals surface area contributed by atoms with E-state index in [1.54, 1.807) is 37.3 Å². The molecule has 0 saturated carbocycles. The van der Waals surface area contributed by atoms with Crippen molar-refractivity contribution in [2.75, 3.05) is 6.54 Å². The van der Waals surface area contributed by atoms with E-state index in [2.05, 4.69) is 5.32 Å². The highest BCUT2D eigenvalue weighted by molar-refractivity contribution is 5.89. The molecule has 1 fully saturated rings. The molecule has 23 heavy (non-hydrogen) atoms. The first kappa shape index (κ1) is 17.0. The quantitative estimate of drug-likeness (QED) is 0.809. The normalized spacial score (nSPS) is 23.1. The number of rotatable bonds is 5. The average Bonchev–Trinajstić information content (AvgIpc) is 2.90. The summed E-state index contributed by atoms with van der Waals surface area (Å²) in [6.07, 6.45) is -1.65. The highest BCUT2D eigenvalue weighted by Gasteiger charge is 2.43. The minimum atomic E-state index is -1.15. The van der Waals surface area contributed by atoms with Gasteiger partial charge in [-0.25, -0.2) is 4.79 Å². The van der Waals surface area contributed by atoms with E-state index in [9.17, 15) is 14.4 Å². The van der Waals surface area contributed by atoms with Crippen LogP contribution in [0, 0.1) is 6.42 Å². The highest BCUT2D eigenvalue weighted by Crippen LogP contribution is 2.24. The minimum absolute atomic E-state index is 0.351. The summed E-state index contributed by atoms with van der Waals surface area (Å²) < 4.78 is 15.6. The van der Waals surface area contributed by atoms with Gasteiger partial charge in [-0.3, -0.25) is 9.59 Å². The molecule has 123 valence electrons. The van der Waals surface area contributed by atoms with Gasteiger partial charge in [0.15, 0.2) is 6.10 Å². The third-order valence-corrected chi connectivity index (χ3v) is 3.06. The van der Waals surface area contributed by atoms with Gasteiger partial charge in [0.2, 0.25) is 12.2 Å². The summed E-state index contributed by atoms with van der Waals surface area (Å²) in [5.41, 5.74) is 0.351. The molecule has 1 heterocycles. The van der Waals surface area contributed by atoms with Crippen LogP contribution >= 0.6 is 0 Å². The predicted octanol–water partition coefficient (Wildman–Crippen LogP) is 0.840. The number of likely N-dealkylation sites (N-methyl/N-ethyl adjacent to an activating group) is 1. The Bertz CT molecular complexity index is 573. The largest absolute Gasteiger partial charge is 0.452 e. The first-order valence-corrected chi connectivity index (χ1v) is 7.22. The molecule has 1 aliphatic heterocycles. The Balaban J connectivity index is 2.05. The molecule has 1 saturated heterocycles. The number of nitrogens with one attached hydrogen (secondary N) is 1. The summed E-state index contributed by atoms with van der Waals surface area (Å²) in [6.45, 7) is 3.40. The monoisotopic (exact) mass is 320 g/mol. The number of hydrogen-bond acceptors (Lipinski definition) is 6. The van der Waals surface area contributed by atoms with Crippen LogP contribution in [0.25, 0.3) is 0 Å². The third kappa shape index (κ3) is 4.53. The van der Waals surface area contributed by atoms with Crippen LogP contribution in [0.15, 0.2) is 30.3 Å². The lowest BCUT2D eigenvalue weighted by molar-refractivity contribution is -0.187. The molecule has 1 amide bonds. The van der Waals surface area contributed by atoms with E-state index in [4.69, 9.17) is 14.2 Å². The molecule has 7 heteroatoms. The smallest absolute Gasteiger partial charge is 0.338 e. The second-order valence-electron chi connectivity index (χ2n) is 4.86. The van der Waals surface area contributed by atoms with E-state index in [-0.39, 0.29) is 5.91 Å². The molecule has 1 aromatic carbocycles. The highest BCUT2D eigenvalue weighted by atomic mass is 16.7. The number of amides is 1. The number of ether oxygens (including phenoxy) is 3. The van der Waals surface area contributed by atoms with Crippen LogP contribution in [0.3, 0.4) is 0 Å². The summed E-state index contributed by atoms with van der Waals surface area (Å²) in [5, 5.41) is 2.59. The zero-order valence-electron chi connectivity index (χ0n) is 12.9. The molecule has 0 bridgehead atoms. The van der Waals surface area contributed by atoms with Gasteiger partial charge in [-0.2, -0.15) is 0 Å². The van der Waals surface area contributed by atoms with Crippen molar-refractivity contribution in [1.82, 2.24) is 5.32 Å². The maximum absolute atomic E-state index is 12.1. The van der Waals surface area contributed by atoms with Crippen LogP contribution in [-0.2, 0) is 23.8 Å². The molecule has 1 N–H and O–H groups in total. The maximum atomic E-state index is 12.1. The van der Waals surface area contributed by atoms with E-state index in [1.165, 1.54) is 13.3 Å². The lowest BCUT2D eigenvalue weighted by Crippen LogP contribution is -2.35. The van der Waals surface area contributed by atoms with Gasteiger partial charge in [-0.1, -0.05) is 18.2 Å². The molecule has 0 aromatic heterocycles. The zero-order valence-corrected chi connectivity index (χ0v) is 12.9. The Hall–Kier alpha value is -2.41. The van der Waals surface area contributed by atoms with Gasteiger partial charge in [-0.05, 0) is 19.1 Å². The molecular formula is C16H18NO6. The Morgan fingerprint density at radius 3 is 2.48 bits per heavy atom. The van der Waals surface area contributed by atoms with Gasteiger partial charge >= 0.3 is 11.9 Å². The van der Waals surface area contributed by atoms with Crippen molar-refractivity contribution >= 4 is 17.8 Å². The standard InChI is InChI=1S/C16H18NO6/c1-3-17-14(19)12-9-13(16(23-12)21-10(2)18)22-15(20)11-7-5-4-6-8-11/h4-9,12-13,16H,3H2,1-2H3,(H,17,19)/t12-,13+,16-/m0/s1. The van der Waals surface area contributed by atoms with Crippen LogP contribution in [0.1, 0.15) is 24.2 Å². The summed E-state index contributed by atoms with van der Waals surface area (Å²) in [7, 11) is 0. The van der Waals surface area contributed by atoms with Gasteiger partial charge < -0.3 is 19.5 Å². The second-order valence-corrected chi connectivity index (χ2v) is 4.86. The van der Waals surface area contributed by atoms with Gasteiger partial charge in [-0.15, -0.1) is 0 Å². The summed E-state index contributed by atoms with van der Waals surface area (Å²) in [4.78, 5) is 35.1. The van der Waals surface area contributed by atoms with Crippen molar-refractivity contribution in [1.29, 1.82) is 0 Å². The van der Waals surface area contributed by atoms with Crippen molar-refractivity contribution in [2.45, 2.75) is 32.3 Å². The van der Waals surface area contributed by atoms with Gasteiger partial charge in [0.1, 0.15) is 6.10 Å². The van der Waals surface area contributed by atoms with Crippen molar-refractivity contribution < 1.29 is 28.6 Å². The van der Waals surface area contributed by atoms with Crippen LogP contribution in [0.2, 0.25) is 0 Å². The third-order valence-electron chi connectivity index (χ3n) is 3.06. The summed E-state index contributed by atoms with van der Waals surface area (Å²) in [6, 6.07) is 8.37. The second kappa shape index (κ2) is 7.73. The molecule has 1 radical (unpaired) electrons. The molecular weight excluding hydrogens is 302 g/mol. The SMILES string of the molecule is CCNC(=O)[C@@H]1[CH][C@@H](OC(=O)c2ccccc2)[C@@H](OC(C)=O)O1. The number of esters is 2. The Kier molecular flexibility index (Phi) is 5.70. The first-order valence-electron chi connectivity index (χ1n) is 7.22. The Labute approximate surface area is 133 Å². The summed E-state index contributed by atoms with van der Waals surface area (Å²) >= 11 is 0. The first-order chi connectivity index (χ1) is 11.0. The lowest BCUT2D eigenvalue weighted by Gasteiger charge is -2.18. The predicted molar refractivity (Wildman–Crippen MR) is 79.1 cm³/mol. The van der Waals surface area contributed by atoms with Gasteiger partial charge in [0.25, 0.3) is 0 Å². The van der Waals surface area contributed by atoms with E-state index in [0.29, 0.717) is 12.1 Å². The Morgan fingerprint density at radius 1 is 1.17 bits per heavy atom. The van der Waals surface area contributed by atoms with Crippen molar-refractivity contribution in [3.63, 3.8) is 0 Å². The summed E-state index contributed by atoms with van der Waals surface area (Å²) in [5.74, 6) is -1.58. The van der Waals surface area contributed by atoms with Gasteiger partial charge in [0.05, 0.1) is 5.56 Å². The molecule has 0 aliphatic carbocycles. The molecule has 2 rings (SSSR count). The van der Waals surface area contributed by atoms with E-state index < -0.39 is 30.4 Å². The topological polar surface area (TPSA) is 90.9 Å². The van der Waals surface area contributed by atoms with Crippen LogP contribution in [0.5, 0.6) is 0 Å². The minimum Gasteiger partial charge on any atom is -0.452 e. The number of carbonyl (C=O) groups is 3. The molecule has 0 unspecified atom stereocenters. The van der Waals surface area contributed by atoms with Crippen LogP contribution < -0.4 is 5.32 Å². The number of hydrogen-bond donors (Lipinski definition) is 1. The van der Waals surface area contributed by atoms with Gasteiger partial charge in [0, 0.05) is 19.9 Å². The van der Waals surface area contributed by atoms with E-state index in [1.807, 2.05) is 0 Å². The van der Waals surface area contributed by atoms with Crippen LogP contribution in [0.4, 0.5) is 0 Å². The maximum Gasteiger partial charge on any atom is 0.338 e. The molecule has 1 aromatic rings. The van der Waals surface area contributed by atoms with Crippen molar-refractivity contribution in [2.24, 2.45) is 0 Å². The molecule has 1 aliphatic rings. The van der Waals surface area contributed by atoms with E-state index in [0.717, 1.165) is 0 Å². The molecule has 3 atom stereocenters. The van der Waals surface area contributed by atoms with E-state index >= 15 is 0 Å². The van der Waals surface area contributed by atoms with Crippen LogP contribution in [-0.4, -0.2) is 42.9 Å². The Morgan fingerprint density at radius 2 is 1.87 bits per heavy atom. The number of benzene rings is 1. The zero-order chi connectivity index (χ0) is 16.8. The fraction of sp³-hybridized carbons (Fsp3) is 0.375. The average molecular weight is 320 g/mol. The molecule has 0 spiro atoms. The van der Waals surface area contributed by atoms with Crippen molar-refractivity contribution in [3.8, 4) is 0 Å². The van der Waals surface area contributed by atoms with Crippen molar-refractivity contribution in [3.05, 3.63) is 42.3 Å². The number of carbonyl (C=O) groups excluding carboxylic acids is 3. The fourth-order valence-corrected chi connectivity index (χ4v) is 2.07. The fourth-order valence-electron chi connectivity index (χ4n) is 2.07. The molecule has 7 nitrogen and oxygen atoms in total.